The zero-order valence-electron chi connectivity index (χ0n) is 16.6. The van der Waals surface area contributed by atoms with Crippen LogP contribution >= 0.6 is 0 Å². The van der Waals surface area contributed by atoms with Crippen molar-refractivity contribution in [2.45, 2.75) is 57.4 Å². The molecule has 0 unspecified atom stereocenters. The summed E-state index contributed by atoms with van der Waals surface area (Å²) in [5.74, 6) is 0.740. The van der Waals surface area contributed by atoms with E-state index in [1.54, 1.807) is 6.20 Å². The molecule has 2 aromatic rings. The van der Waals surface area contributed by atoms with Crippen molar-refractivity contribution >= 4 is 11.6 Å². The molecular formula is C24H31N3O. The first kappa shape index (κ1) is 19.0. The monoisotopic (exact) mass is 377 g/mol. The minimum Gasteiger partial charge on any atom is -0.382 e. The van der Waals surface area contributed by atoms with Crippen molar-refractivity contribution in [3.8, 4) is 0 Å². The van der Waals surface area contributed by atoms with Gasteiger partial charge in [-0.1, -0.05) is 49.6 Å². The van der Waals surface area contributed by atoms with Crippen LogP contribution in [0.2, 0.25) is 0 Å². The molecule has 1 amide bonds. The number of rotatable bonds is 5. The summed E-state index contributed by atoms with van der Waals surface area (Å²) in [6.45, 7) is 1.66. The third-order valence-electron chi connectivity index (χ3n) is 6.22. The quantitative estimate of drug-likeness (QED) is 0.804. The number of pyridine rings is 1. The summed E-state index contributed by atoms with van der Waals surface area (Å²) in [6, 6.07) is 15.1. The predicted octanol–water partition coefficient (Wildman–Crippen LogP) is 4.92. The number of likely N-dealkylation sites (tertiary alicyclic amines) is 1. The van der Waals surface area contributed by atoms with E-state index in [1.807, 2.05) is 17.0 Å². The summed E-state index contributed by atoms with van der Waals surface area (Å²) >= 11 is 0. The molecule has 1 saturated carbocycles. The Morgan fingerprint density at radius 2 is 1.75 bits per heavy atom. The number of nitrogens with zero attached hydrogens (tertiary/aromatic N) is 2. The van der Waals surface area contributed by atoms with Gasteiger partial charge in [0.15, 0.2) is 0 Å². The largest absolute Gasteiger partial charge is 0.382 e. The Kier molecular flexibility index (Phi) is 6.25. The molecule has 1 aromatic heterocycles. The maximum Gasteiger partial charge on any atom is 0.272 e. The summed E-state index contributed by atoms with van der Waals surface area (Å²) in [5, 5.41) is 3.60. The molecule has 0 spiro atoms. The summed E-state index contributed by atoms with van der Waals surface area (Å²) < 4.78 is 0. The smallest absolute Gasteiger partial charge is 0.272 e. The van der Waals surface area contributed by atoms with Crippen LogP contribution in [0.3, 0.4) is 0 Å². The van der Waals surface area contributed by atoms with E-state index in [0.29, 0.717) is 17.7 Å². The summed E-state index contributed by atoms with van der Waals surface area (Å²) in [6.07, 6.45) is 11.4. The Morgan fingerprint density at radius 1 is 1.00 bits per heavy atom. The Balaban J connectivity index is 1.31. The molecule has 0 atom stereocenters. The molecule has 4 nitrogen and oxygen atoms in total. The van der Waals surface area contributed by atoms with Crippen LogP contribution in [0.5, 0.6) is 0 Å². The van der Waals surface area contributed by atoms with E-state index in [-0.39, 0.29) is 5.91 Å². The molecule has 148 valence electrons. The van der Waals surface area contributed by atoms with Gasteiger partial charge in [0.1, 0.15) is 5.69 Å². The van der Waals surface area contributed by atoms with E-state index in [9.17, 15) is 4.79 Å². The molecule has 2 aliphatic rings. The van der Waals surface area contributed by atoms with Gasteiger partial charge in [-0.25, -0.2) is 0 Å². The minimum atomic E-state index is 0.0745. The van der Waals surface area contributed by atoms with E-state index in [2.05, 4.69) is 40.6 Å². The van der Waals surface area contributed by atoms with Crippen LogP contribution in [0.1, 0.15) is 61.0 Å². The van der Waals surface area contributed by atoms with Crippen LogP contribution in [0.4, 0.5) is 5.69 Å². The standard InChI is InChI=1S/C24H31N3O/c28-24(23-18-22(11-14-25-23)26-21-9-5-2-6-10-21)27-15-12-20(13-16-27)17-19-7-3-1-4-8-19/h1,3-4,7-8,11,14,18,20-21H,2,5-6,9-10,12-13,15-17H2,(H,25,26). The highest BCUT2D eigenvalue weighted by Crippen LogP contribution is 2.24. The van der Waals surface area contributed by atoms with E-state index in [0.717, 1.165) is 38.0 Å². The van der Waals surface area contributed by atoms with Crippen molar-refractivity contribution in [3.05, 3.63) is 59.9 Å². The molecule has 2 heterocycles. The summed E-state index contributed by atoms with van der Waals surface area (Å²) in [5.41, 5.74) is 3.00. The molecular weight excluding hydrogens is 346 g/mol. The number of carbonyl (C=O) groups excluding carboxylic acids is 1. The van der Waals surface area contributed by atoms with Crippen LogP contribution in [0, 0.1) is 5.92 Å². The van der Waals surface area contributed by atoms with E-state index < -0.39 is 0 Å². The van der Waals surface area contributed by atoms with Gasteiger partial charge >= 0.3 is 0 Å². The molecule has 1 aliphatic carbocycles. The highest BCUT2D eigenvalue weighted by molar-refractivity contribution is 5.93. The van der Waals surface area contributed by atoms with Gasteiger partial charge in [0.05, 0.1) is 0 Å². The van der Waals surface area contributed by atoms with Gasteiger partial charge < -0.3 is 10.2 Å². The number of carbonyl (C=O) groups is 1. The number of benzene rings is 1. The molecule has 4 heteroatoms. The van der Waals surface area contributed by atoms with Crippen LogP contribution < -0.4 is 5.32 Å². The fraction of sp³-hybridized carbons (Fsp3) is 0.500. The first-order valence-corrected chi connectivity index (χ1v) is 10.8. The lowest BCUT2D eigenvalue weighted by Gasteiger charge is -2.32. The second kappa shape index (κ2) is 9.22. The van der Waals surface area contributed by atoms with Crippen LogP contribution in [-0.4, -0.2) is 34.9 Å². The Hall–Kier alpha value is -2.36. The van der Waals surface area contributed by atoms with Crippen LogP contribution in [-0.2, 0) is 6.42 Å². The normalized spacial score (nSPS) is 18.8. The Bertz CT molecular complexity index is 762. The molecule has 0 bridgehead atoms. The number of anilines is 1. The number of piperidine rings is 1. The van der Waals surface area contributed by atoms with Crippen molar-refractivity contribution < 1.29 is 4.79 Å². The SMILES string of the molecule is O=C(c1cc(NC2CCCCC2)ccn1)N1CCC(Cc2ccccc2)CC1. The first-order chi connectivity index (χ1) is 13.8. The lowest BCUT2D eigenvalue weighted by Crippen LogP contribution is -2.39. The fourth-order valence-electron chi connectivity index (χ4n) is 4.57. The van der Waals surface area contributed by atoms with Gasteiger partial charge in [0, 0.05) is 31.0 Å². The molecule has 0 radical (unpaired) electrons. The van der Waals surface area contributed by atoms with Crippen molar-refractivity contribution in [2.24, 2.45) is 5.92 Å². The van der Waals surface area contributed by atoms with Gasteiger partial charge in [-0.2, -0.15) is 0 Å². The predicted molar refractivity (Wildman–Crippen MR) is 114 cm³/mol. The van der Waals surface area contributed by atoms with E-state index >= 15 is 0 Å². The third-order valence-corrected chi connectivity index (χ3v) is 6.22. The summed E-state index contributed by atoms with van der Waals surface area (Å²) in [4.78, 5) is 19.3. The van der Waals surface area contributed by atoms with Gasteiger partial charge in [0.25, 0.3) is 5.91 Å². The van der Waals surface area contributed by atoms with Crippen LogP contribution in [0.25, 0.3) is 0 Å². The Labute approximate surface area is 168 Å². The van der Waals surface area contributed by atoms with Gasteiger partial charge in [-0.05, 0) is 55.7 Å². The molecule has 2 fully saturated rings. The molecule has 1 aromatic carbocycles. The second-order valence-corrected chi connectivity index (χ2v) is 8.33. The number of amides is 1. The van der Waals surface area contributed by atoms with Crippen molar-refractivity contribution in [1.29, 1.82) is 0 Å². The molecule has 4 rings (SSSR count). The zero-order chi connectivity index (χ0) is 19.2. The average Bonchev–Trinajstić information content (AvgIpc) is 2.75. The van der Waals surface area contributed by atoms with E-state index in [1.165, 1.54) is 37.7 Å². The maximum absolute atomic E-state index is 12.9. The lowest BCUT2D eigenvalue weighted by molar-refractivity contribution is 0.0684. The number of aromatic nitrogens is 1. The number of hydrogen-bond donors (Lipinski definition) is 1. The van der Waals surface area contributed by atoms with Crippen molar-refractivity contribution in [1.82, 2.24) is 9.88 Å². The van der Waals surface area contributed by atoms with E-state index in [4.69, 9.17) is 0 Å². The van der Waals surface area contributed by atoms with Gasteiger partial charge in [0.2, 0.25) is 0 Å². The number of hydrogen-bond acceptors (Lipinski definition) is 3. The zero-order valence-corrected chi connectivity index (χ0v) is 16.6. The highest BCUT2D eigenvalue weighted by atomic mass is 16.2. The average molecular weight is 378 g/mol. The molecule has 28 heavy (non-hydrogen) atoms. The van der Waals surface area contributed by atoms with Crippen molar-refractivity contribution in [3.63, 3.8) is 0 Å². The molecule has 1 aliphatic heterocycles. The summed E-state index contributed by atoms with van der Waals surface area (Å²) in [7, 11) is 0. The number of nitrogens with one attached hydrogen (secondary N) is 1. The first-order valence-electron chi connectivity index (χ1n) is 10.8. The Morgan fingerprint density at radius 3 is 2.50 bits per heavy atom. The molecule has 1 N–H and O–H groups in total. The second-order valence-electron chi connectivity index (χ2n) is 8.33. The molecule has 1 saturated heterocycles. The minimum absolute atomic E-state index is 0.0745. The van der Waals surface area contributed by atoms with Crippen molar-refractivity contribution in [2.75, 3.05) is 18.4 Å². The lowest BCUT2D eigenvalue weighted by atomic mass is 9.90. The third kappa shape index (κ3) is 4.92. The highest BCUT2D eigenvalue weighted by Gasteiger charge is 2.25. The van der Waals surface area contributed by atoms with Crippen LogP contribution in [0.15, 0.2) is 48.7 Å². The van der Waals surface area contributed by atoms with Gasteiger partial charge in [-0.3, -0.25) is 9.78 Å². The van der Waals surface area contributed by atoms with Gasteiger partial charge in [-0.15, -0.1) is 0 Å². The topological polar surface area (TPSA) is 45.2 Å². The maximum atomic E-state index is 12.9. The fourth-order valence-corrected chi connectivity index (χ4v) is 4.57.